The number of phenols is 2. The molecular formula is C23H28O3S. The van der Waals surface area contributed by atoms with Crippen molar-refractivity contribution in [2.45, 2.75) is 50.8 Å². The van der Waals surface area contributed by atoms with E-state index in [0.29, 0.717) is 11.3 Å². The molecule has 0 aliphatic heterocycles. The van der Waals surface area contributed by atoms with Gasteiger partial charge in [-0.05, 0) is 52.2 Å². The first-order valence-corrected chi connectivity index (χ1v) is 9.90. The molecule has 0 aromatic heterocycles. The molecule has 1 aliphatic rings. The van der Waals surface area contributed by atoms with Crippen molar-refractivity contribution in [3.63, 3.8) is 0 Å². The lowest BCUT2D eigenvalue weighted by Crippen LogP contribution is -2.03. The van der Waals surface area contributed by atoms with E-state index in [-0.39, 0.29) is 17.4 Å². The SMILES string of the molecule is C=CC.CC1=CC(c2c(O)cc(OSc3ccc(C)cc3)cc2O)CCC1. The maximum atomic E-state index is 10.4. The van der Waals surface area contributed by atoms with Gasteiger partial charge in [0.15, 0.2) is 0 Å². The van der Waals surface area contributed by atoms with Crippen LogP contribution in [0.1, 0.15) is 50.2 Å². The quantitative estimate of drug-likeness (QED) is 0.445. The van der Waals surface area contributed by atoms with Gasteiger partial charge < -0.3 is 14.4 Å². The van der Waals surface area contributed by atoms with E-state index < -0.39 is 0 Å². The molecule has 1 aliphatic carbocycles. The Balaban J connectivity index is 0.000000817. The van der Waals surface area contributed by atoms with Gasteiger partial charge in [0, 0.05) is 28.5 Å². The van der Waals surface area contributed by atoms with E-state index in [0.717, 1.165) is 24.2 Å². The summed E-state index contributed by atoms with van der Waals surface area (Å²) in [5, 5.41) is 20.7. The molecule has 0 saturated heterocycles. The zero-order valence-electron chi connectivity index (χ0n) is 16.2. The second-order valence-electron chi connectivity index (χ2n) is 6.77. The van der Waals surface area contributed by atoms with Gasteiger partial charge >= 0.3 is 0 Å². The molecule has 0 amide bonds. The van der Waals surface area contributed by atoms with Crippen LogP contribution in [-0.4, -0.2) is 10.2 Å². The van der Waals surface area contributed by atoms with E-state index in [1.165, 1.54) is 23.2 Å². The maximum Gasteiger partial charge on any atom is 0.145 e. The molecule has 0 saturated carbocycles. The summed E-state index contributed by atoms with van der Waals surface area (Å²) in [6.45, 7) is 9.38. The lowest BCUT2D eigenvalue weighted by atomic mass is 9.85. The van der Waals surface area contributed by atoms with Gasteiger partial charge in [0.25, 0.3) is 0 Å². The lowest BCUT2D eigenvalue weighted by molar-refractivity contribution is 0.425. The molecule has 2 N–H and O–H groups in total. The standard InChI is InChI=1S/C20H22O3S.C3H6/c1-13-6-8-17(9-7-13)24-23-16-11-18(21)20(19(22)12-16)15-5-3-4-14(2)10-15;1-3-2/h6-12,15,21-22H,3-5H2,1-2H3;3H,1H2,2H3. The maximum absolute atomic E-state index is 10.4. The average molecular weight is 385 g/mol. The first-order chi connectivity index (χ1) is 12.9. The van der Waals surface area contributed by atoms with Crippen LogP contribution in [0.5, 0.6) is 17.2 Å². The van der Waals surface area contributed by atoms with Crippen LogP contribution in [0.25, 0.3) is 0 Å². The van der Waals surface area contributed by atoms with E-state index in [1.54, 1.807) is 18.2 Å². The summed E-state index contributed by atoms with van der Waals surface area (Å²) in [4.78, 5) is 0.967. The lowest BCUT2D eigenvalue weighted by Gasteiger charge is -2.22. The zero-order valence-corrected chi connectivity index (χ0v) is 17.1. The van der Waals surface area contributed by atoms with Crippen molar-refractivity contribution in [2.75, 3.05) is 0 Å². The molecule has 1 atom stereocenters. The van der Waals surface area contributed by atoms with E-state index in [4.69, 9.17) is 4.18 Å². The number of aryl methyl sites for hydroxylation is 1. The Hall–Kier alpha value is -2.33. The van der Waals surface area contributed by atoms with Crippen molar-refractivity contribution >= 4 is 12.0 Å². The van der Waals surface area contributed by atoms with Gasteiger partial charge in [-0.3, -0.25) is 0 Å². The van der Waals surface area contributed by atoms with Crippen LogP contribution in [0.2, 0.25) is 0 Å². The van der Waals surface area contributed by atoms with Crippen LogP contribution in [0.15, 0.2) is 65.6 Å². The van der Waals surface area contributed by atoms with Gasteiger partial charge in [-0.1, -0.05) is 35.4 Å². The summed E-state index contributed by atoms with van der Waals surface area (Å²) in [5.74, 6) is 0.685. The van der Waals surface area contributed by atoms with Crippen LogP contribution in [0, 0.1) is 6.92 Å². The summed E-state index contributed by atoms with van der Waals surface area (Å²) >= 11 is 1.21. The minimum atomic E-state index is 0.0672. The highest BCUT2D eigenvalue weighted by molar-refractivity contribution is 7.95. The van der Waals surface area contributed by atoms with E-state index in [2.05, 4.69) is 19.6 Å². The summed E-state index contributed by atoms with van der Waals surface area (Å²) in [5.41, 5.74) is 3.09. The van der Waals surface area contributed by atoms with Crippen LogP contribution in [0.4, 0.5) is 0 Å². The van der Waals surface area contributed by atoms with Crippen molar-refractivity contribution in [3.05, 3.63) is 71.8 Å². The molecule has 3 rings (SSSR count). The van der Waals surface area contributed by atoms with Crippen molar-refractivity contribution in [2.24, 2.45) is 0 Å². The van der Waals surface area contributed by atoms with Crippen LogP contribution in [0.3, 0.4) is 0 Å². The molecule has 0 radical (unpaired) electrons. The van der Waals surface area contributed by atoms with Gasteiger partial charge in [-0.2, -0.15) is 0 Å². The first kappa shape index (κ1) is 21.0. The molecule has 4 heteroatoms. The highest BCUT2D eigenvalue weighted by atomic mass is 32.2. The molecule has 0 spiro atoms. The minimum Gasteiger partial charge on any atom is -0.507 e. The van der Waals surface area contributed by atoms with Gasteiger partial charge in [0.05, 0.1) is 12.0 Å². The first-order valence-electron chi connectivity index (χ1n) is 9.16. The Morgan fingerprint density at radius 2 is 1.70 bits per heavy atom. The number of phenolic OH excluding ortho intramolecular Hbond substituents is 2. The molecule has 1 unspecified atom stereocenters. The molecule has 0 heterocycles. The van der Waals surface area contributed by atoms with Crippen LogP contribution < -0.4 is 4.18 Å². The molecule has 2 aromatic carbocycles. The topological polar surface area (TPSA) is 49.7 Å². The van der Waals surface area contributed by atoms with Crippen molar-refractivity contribution in [3.8, 4) is 17.2 Å². The Kier molecular flexibility index (Phi) is 7.86. The third kappa shape index (κ3) is 6.10. The largest absolute Gasteiger partial charge is 0.507 e. The second-order valence-corrected chi connectivity index (χ2v) is 7.58. The number of hydrogen-bond acceptors (Lipinski definition) is 4. The predicted molar refractivity (Wildman–Crippen MR) is 114 cm³/mol. The van der Waals surface area contributed by atoms with Crippen LogP contribution >= 0.6 is 12.0 Å². The van der Waals surface area contributed by atoms with E-state index >= 15 is 0 Å². The molecular weight excluding hydrogens is 356 g/mol. The number of benzene rings is 2. The number of hydrogen-bond donors (Lipinski definition) is 2. The fourth-order valence-electron chi connectivity index (χ4n) is 3.05. The van der Waals surface area contributed by atoms with Gasteiger partial charge in [0.1, 0.15) is 17.2 Å². The summed E-state index contributed by atoms with van der Waals surface area (Å²) in [7, 11) is 0. The third-order valence-corrected chi connectivity index (χ3v) is 5.05. The van der Waals surface area contributed by atoms with Crippen LogP contribution in [-0.2, 0) is 0 Å². The minimum absolute atomic E-state index is 0.0672. The van der Waals surface area contributed by atoms with Gasteiger partial charge in [-0.25, -0.2) is 0 Å². The predicted octanol–water partition coefficient (Wildman–Crippen LogP) is 6.90. The Morgan fingerprint density at radius 1 is 1.11 bits per heavy atom. The van der Waals surface area contributed by atoms with Crippen molar-refractivity contribution < 1.29 is 14.4 Å². The van der Waals surface area contributed by atoms with Gasteiger partial charge in [0.2, 0.25) is 0 Å². The number of rotatable bonds is 4. The second kappa shape index (κ2) is 10.1. The molecule has 0 bridgehead atoms. The molecule has 0 fully saturated rings. The van der Waals surface area contributed by atoms with Gasteiger partial charge in [-0.15, -0.1) is 6.58 Å². The monoisotopic (exact) mass is 384 g/mol. The number of aromatic hydroxyl groups is 2. The molecule has 3 nitrogen and oxygen atoms in total. The fraction of sp³-hybridized carbons (Fsp3) is 0.304. The normalized spacial score (nSPS) is 16.0. The highest BCUT2D eigenvalue weighted by Crippen LogP contribution is 2.43. The summed E-state index contributed by atoms with van der Waals surface area (Å²) in [6, 6.07) is 11.1. The Morgan fingerprint density at radius 3 is 2.26 bits per heavy atom. The molecule has 144 valence electrons. The highest BCUT2D eigenvalue weighted by Gasteiger charge is 2.21. The number of allylic oxidation sites excluding steroid dienone is 3. The Bertz CT molecular complexity index is 771. The Labute approximate surface area is 166 Å². The zero-order chi connectivity index (χ0) is 19.8. The van der Waals surface area contributed by atoms with E-state index in [1.807, 2.05) is 38.1 Å². The third-order valence-electron chi connectivity index (χ3n) is 4.31. The van der Waals surface area contributed by atoms with Crippen molar-refractivity contribution in [1.82, 2.24) is 0 Å². The molecule has 27 heavy (non-hydrogen) atoms. The average Bonchev–Trinajstić information content (AvgIpc) is 2.61. The summed E-state index contributed by atoms with van der Waals surface area (Å²) < 4.78 is 5.64. The fourth-order valence-corrected chi connectivity index (χ4v) is 3.59. The van der Waals surface area contributed by atoms with Crippen molar-refractivity contribution in [1.29, 1.82) is 0 Å². The smallest absolute Gasteiger partial charge is 0.145 e. The van der Waals surface area contributed by atoms with E-state index in [9.17, 15) is 10.2 Å². The molecule has 2 aromatic rings. The summed E-state index contributed by atoms with van der Waals surface area (Å²) in [6.07, 6.45) is 7.00.